The molecule has 0 unspecified atom stereocenters. The van der Waals surface area contributed by atoms with E-state index in [4.69, 9.17) is 16.6 Å². The van der Waals surface area contributed by atoms with Crippen molar-refractivity contribution in [1.82, 2.24) is 5.01 Å². The lowest BCUT2D eigenvalue weighted by Crippen LogP contribution is -2.34. The first-order valence-electron chi connectivity index (χ1n) is 8.65. The topological polar surface area (TPSA) is 82.8 Å². The summed E-state index contributed by atoms with van der Waals surface area (Å²) in [4.78, 5) is 24.5. The molecular weight excluding hydrogens is 427 g/mol. The number of hydrazine groups is 1. The van der Waals surface area contributed by atoms with E-state index >= 15 is 0 Å². The van der Waals surface area contributed by atoms with Crippen molar-refractivity contribution in [2.24, 2.45) is 0 Å². The molecule has 3 aromatic rings. The molecular formula is C21H13FN2O4S2. The quantitative estimate of drug-likeness (QED) is 0.426. The molecule has 0 atom stereocenters. The van der Waals surface area contributed by atoms with Gasteiger partial charge in [-0.15, -0.1) is 0 Å². The molecule has 0 saturated carbocycles. The molecule has 9 heteroatoms. The van der Waals surface area contributed by atoms with E-state index in [0.29, 0.717) is 22.0 Å². The summed E-state index contributed by atoms with van der Waals surface area (Å²) in [6, 6.07) is 15.5. The van der Waals surface area contributed by atoms with E-state index in [2.05, 4.69) is 5.43 Å². The second kappa shape index (κ2) is 8.13. The molecule has 1 fully saturated rings. The fraction of sp³-hybridized carbons (Fsp3) is 0. The van der Waals surface area contributed by atoms with Crippen LogP contribution < -0.4 is 5.43 Å². The number of rotatable bonds is 5. The van der Waals surface area contributed by atoms with Crippen molar-refractivity contribution in [3.8, 4) is 11.3 Å². The maximum atomic E-state index is 13.1. The molecule has 6 nitrogen and oxygen atoms in total. The van der Waals surface area contributed by atoms with E-state index in [1.165, 1.54) is 18.2 Å². The number of thiocarbonyl (C=S) groups is 1. The highest BCUT2D eigenvalue weighted by Crippen LogP contribution is 2.34. The van der Waals surface area contributed by atoms with Crippen molar-refractivity contribution in [3.63, 3.8) is 0 Å². The standard InChI is InChI=1S/C21H13FN2O4S2/c22-13-7-5-12(6-8-13)17-10-9-14(28-17)11-18-19(25)24(21(29)30-18)23-16-4-2-1-3-15(16)20(26)27/h1-11,23H,(H,26,27). The van der Waals surface area contributed by atoms with Crippen LogP contribution in [0.2, 0.25) is 0 Å². The lowest BCUT2D eigenvalue weighted by molar-refractivity contribution is -0.121. The van der Waals surface area contributed by atoms with Gasteiger partial charge in [0.15, 0.2) is 4.32 Å². The van der Waals surface area contributed by atoms with Gasteiger partial charge in [0.2, 0.25) is 0 Å². The Morgan fingerprint density at radius 3 is 2.60 bits per heavy atom. The fourth-order valence-corrected chi connectivity index (χ4v) is 3.94. The lowest BCUT2D eigenvalue weighted by Gasteiger charge is -2.18. The molecule has 2 aromatic carbocycles. The third-order valence-corrected chi connectivity index (χ3v) is 5.51. The molecule has 1 amide bonds. The van der Waals surface area contributed by atoms with Crippen LogP contribution in [0, 0.1) is 5.82 Å². The van der Waals surface area contributed by atoms with Crippen molar-refractivity contribution in [2.75, 3.05) is 5.43 Å². The minimum Gasteiger partial charge on any atom is -0.478 e. The number of para-hydroxylation sites is 1. The Labute approximate surface area is 180 Å². The predicted molar refractivity (Wildman–Crippen MR) is 116 cm³/mol. The van der Waals surface area contributed by atoms with Crippen molar-refractivity contribution in [1.29, 1.82) is 0 Å². The Morgan fingerprint density at radius 2 is 1.87 bits per heavy atom. The van der Waals surface area contributed by atoms with Gasteiger partial charge in [-0.2, -0.15) is 0 Å². The van der Waals surface area contributed by atoms with Crippen LogP contribution in [0.5, 0.6) is 0 Å². The van der Waals surface area contributed by atoms with Gasteiger partial charge in [-0.3, -0.25) is 10.2 Å². The Bertz CT molecular complexity index is 1190. The first-order valence-corrected chi connectivity index (χ1v) is 9.87. The summed E-state index contributed by atoms with van der Waals surface area (Å²) in [5.41, 5.74) is 3.75. The SMILES string of the molecule is O=C(O)c1ccccc1NN1C(=O)C(=Cc2ccc(-c3ccc(F)cc3)o2)SC1=S. The number of hydrogen-bond acceptors (Lipinski definition) is 6. The molecule has 0 aliphatic carbocycles. The number of nitrogens with zero attached hydrogens (tertiary/aromatic N) is 1. The van der Waals surface area contributed by atoms with E-state index in [0.717, 1.165) is 16.8 Å². The number of carboxylic acid groups (broad SMARTS) is 1. The molecule has 150 valence electrons. The number of carbonyl (C=O) groups excluding carboxylic acids is 1. The zero-order chi connectivity index (χ0) is 21.3. The van der Waals surface area contributed by atoms with E-state index in [-0.39, 0.29) is 21.4 Å². The molecule has 1 saturated heterocycles. The van der Waals surface area contributed by atoms with Crippen molar-refractivity contribution in [3.05, 3.63) is 82.7 Å². The molecule has 0 spiro atoms. The van der Waals surface area contributed by atoms with Gasteiger partial charge in [0.1, 0.15) is 17.3 Å². The number of anilines is 1. The maximum absolute atomic E-state index is 13.1. The average molecular weight is 440 g/mol. The zero-order valence-corrected chi connectivity index (χ0v) is 16.8. The zero-order valence-electron chi connectivity index (χ0n) is 15.2. The minimum atomic E-state index is -1.12. The third-order valence-electron chi connectivity index (χ3n) is 4.21. The Hall–Kier alpha value is -3.43. The van der Waals surface area contributed by atoms with Crippen molar-refractivity contribution < 1.29 is 23.5 Å². The average Bonchev–Trinajstić information content (AvgIpc) is 3.29. The highest BCUT2D eigenvalue weighted by atomic mass is 32.2. The summed E-state index contributed by atoms with van der Waals surface area (Å²) >= 11 is 6.33. The van der Waals surface area contributed by atoms with Gasteiger partial charge in [0, 0.05) is 11.6 Å². The number of halogens is 1. The van der Waals surface area contributed by atoms with Crippen LogP contribution in [0.1, 0.15) is 16.1 Å². The maximum Gasteiger partial charge on any atom is 0.337 e. The van der Waals surface area contributed by atoms with Crippen LogP contribution in [0.3, 0.4) is 0 Å². The number of benzene rings is 2. The number of furan rings is 1. The summed E-state index contributed by atoms with van der Waals surface area (Å²) in [6.45, 7) is 0. The van der Waals surface area contributed by atoms with Gasteiger partial charge in [-0.05, 0) is 60.7 Å². The highest BCUT2D eigenvalue weighted by molar-refractivity contribution is 8.26. The Morgan fingerprint density at radius 1 is 1.13 bits per heavy atom. The van der Waals surface area contributed by atoms with Crippen LogP contribution in [0.25, 0.3) is 17.4 Å². The molecule has 2 heterocycles. The largest absolute Gasteiger partial charge is 0.478 e. The number of carbonyl (C=O) groups is 2. The van der Waals surface area contributed by atoms with Crippen LogP contribution in [-0.4, -0.2) is 26.3 Å². The smallest absolute Gasteiger partial charge is 0.337 e. The normalized spacial score (nSPS) is 15.1. The Balaban J connectivity index is 1.55. The number of thioether (sulfide) groups is 1. The van der Waals surface area contributed by atoms with Gasteiger partial charge >= 0.3 is 5.97 Å². The molecule has 4 rings (SSSR count). The number of hydrogen-bond donors (Lipinski definition) is 2. The van der Waals surface area contributed by atoms with E-state index in [1.54, 1.807) is 48.5 Å². The van der Waals surface area contributed by atoms with Crippen LogP contribution in [0.4, 0.5) is 10.1 Å². The monoisotopic (exact) mass is 440 g/mol. The second-order valence-electron chi connectivity index (χ2n) is 6.19. The van der Waals surface area contributed by atoms with E-state index < -0.39 is 11.9 Å². The summed E-state index contributed by atoms with van der Waals surface area (Å²) in [6.07, 6.45) is 1.55. The molecule has 0 bridgehead atoms. The number of nitrogens with one attached hydrogen (secondary N) is 1. The van der Waals surface area contributed by atoms with Crippen LogP contribution in [0.15, 0.2) is 70.0 Å². The molecule has 1 aliphatic heterocycles. The summed E-state index contributed by atoms with van der Waals surface area (Å²) < 4.78 is 19.1. The van der Waals surface area contributed by atoms with Gasteiger partial charge in [0.25, 0.3) is 5.91 Å². The summed E-state index contributed by atoms with van der Waals surface area (Å²) in [5.74, 6) is -0.926. The number of amides is 1. The van der Waals surface area contributed by atoms with Gasteiger partial charge in [0.05, 0.1) is 16.2 Å². The fourth-order valence-electron chi connectivity index (χ4n) is 2.78. The number of carboxylic acids is 1. The van der Waals surface area contributed by atoms with E-state index in [9.17, 15) is 19.1 Å². The van der Waals surface area contributed by atoms with Crippen molar-refractivity contribution >= 4 is 51.9 Å². The first-order chi connectivity index (χ1) is 14.4. The lowest BCUT2D eigenvalue weighted by atomic mass is 10.2. The molecule has 0 radical (unpaired) electrons. The van der Waals surface area contributed by atoms with E-state index in [1.807, 2.05) is 0 Å². The Kier molecular flexibility index (Phi) is 5.39. The second-order valence-corrected chi connectivity index (χ2v) is 7.86. The number of aromatic carboxylic acids is 1. The third kappa shape index (κ3) is 3.98. The molecule has 2 N–H and O–H groups in total. The van der Waals surface area contributed by atoms with Gasteiger partial charge < -0.3 is 9.52 Å². The van der Waals surface area contributed by atoms with Crippen LogP contribution >= 0.6 is 24.0 Å². The molecule has 1 aromatic heterocycles. The predicted octanol–water partition coefficient (Wildman–Crippen LogP) is 5.01. The minimum absolute atomic E-state index is 0.0190. The van der Waals surface area contributed by atoms with Gasteiger partial charge in [-0.25, -0.2) is 14.2 Å². The van der Waals surface area contributed by atoms with Crippen LogP contribution in [-0.2, 0) is 4.79 Å². The van der Waals surface area contributed by atoms with Crippen molar-refractivity contribution in [2.45, 2.75) is 0 Å². The summed E-state index contributed by atoms with van der Waals surface area (Å²) in [5, 5.41) is 10.4. The van der Waals surface area contributed by atoms with Gasteiger partial charge in [-0.1, -0.05) is 23.9 Å². The first kappa shape index (κ1) is 19.9. The highest BCUT2D eigenvalue weighted by Gasteiger charge is 2.33. The molecule has 1 aliphatic rings. The summed E-state index contributed by atoms with van der Waals surface area (Å²) in [7, 11) is 0. The molecule has 30 heavy (non-hydrogen) atoms.